The van der Waals surface area contributed by atoms with Crippen LogP contribution in [0.25, 0.3) is 197 Å². The van der Waals surface area contributed by atoms with Crippen molar-refractivity contribution in [1.82, 2.24) is 18.3 Å². The van der Waals surface area contributed by atoms with Gasteiger partial charge in [-0.3, -0.25) is 0 Å². The molecule has 6 heteroatoms. The summed E-state index contributed by atoms with van der Waals surface area (Å²) in [6.07, 6.45) is 0. The van der Waals surface area contributed by atoms with E-state index in [0.717, 1.165) is 83.4 Å². The van der Waals surface area contributed by atoms with Crippen LogP contribution in [-0.4, -0.2) is 18.3 Å². The second-order valence-corrected chi connectivity index (χ2v) is 26.6. The minimum absolute atomic E-state index is 0.869. The van der Waals surface area contributed by atoms with Crippen LogP contribution in [0.4, 0.5) is 0 Å². The van der Waals surface area contributed by atoms with Crippen molar-refractivity contribution in [2.75, 3.05) is 0 Å². The minimum Gasteiger partial charge on any atom is -0.456 e. The van der Waals surface area contributed by atoms with Crippen LogP contribution in [0.2, 0.25) is 0 Å². The van der Waals surface area contributed by atoms with Crippen LogP contribution in [-0.2, 0) is 0 Å². The minimum atomic E-state index is 0.869. The van der Waals surface area contributed by atoms with Gasteiger partial charge < -0.3 is 22.7 Å². The lowest BCUT2D eigenvalue weighted by atomic mass is 9.98. The largest absolute Gasteiger partial charge is 0.456 e. The number of rotatable bonds is 8. The molecule has 0 amide bonds. The number of nitrogens with zero attached hydrogens (tertiary/aromatic N) is 4. The maximum absolute atomic E-state index is 6.56. The Bertz CT molecular complexity index is 6820. The first-order valence-corrected chi connectivity index (χ1v) is 33.7. The maximum atomic E-state index is 6.56. The van der Waals surface area contributed by atoms with Gasteiger partial charge in [0.25, 0.3) is 0 Å². The first-order valence-electron chi connectivity index (χ1n) is 32.9. The normalized spacial score (nSPS) is 12.2. The van der Waals surface area contributed by atoms with Crippen LogP contribution in [0.3, 0.4) is 0 Å². The van der Waals surface area contributed by atoms with Gasteiger partial charge in [0.15, 0.2) is 0 Å². The molecule has 6 heterocycles. The molecule has 0 atom stereocenters. The van der Waals surface area contributed by atoms with Crippen LogP contribution in [0.15, 0.2) is 332 Å². The van der Waals surface area contributed by atoms with Gasteiger partial charge in [-0.1, -0.05) is 176 Å². The van der Waals surface area contributed by atoms with Crippen molar-refractivity contribution in [3.63, 3.8) is 0 Å². The van der Waals surface area contributed by atoms with Crippen molar-refractivity contribution < 1.29 is 4.42 Å². The first kappa shape index (κ1) is 53.1. The number of furan rings is 1. The predicted octanol–water partition coefficient (Wildman–Crippen LogP) is 25.0. The maximum Gasteiger partial charge on any atom is 0.137 e. The van der Waals surface area contributed by atoms with Gasteiger partial charge in [-0.15, -0.1) is 11.3 Å². The van der Waals surface area contributed by atoms with E-state index < -0.39 is 0 Å². The summed E-state index contributed by atoms with van der Waals surface area (Å²) in [5.41, 5.74) is 25.0. The van der Waals surface area contributed by atoms with E-state index in [0.29, 0.717) is 0 Å². The Balaban J connectivity index is 0.729. The second kappa shape index (κ2) is 20.5. The van der Waals surface area contributed by atoms with E-state index in [1.54, 1.807) is 0 Å². The summed E-state index contributed by atoms with van der Waals surface area (Å²) in [5.74, 6) is 0. The smallest absolute Gasteiger partial charge is 0.137 e. The molecular formula is C90H54N4OS. The van der Waals surface area contributed by atoms with Crippen LogP contribution in [0.1, 0.15) is 0 Å². The Labute approximate surface area is 554 Å². The highest BCUT2D eigenvalue weighted by Crippen LogP contribution is 2.47. The van der Waals surface area contributed by atoms with Crippen molar-refractivity contribution in [1.29, 1.82) is 0 Å². The Kier molecular flexibility index (Phi) is 11.3. The van der Waals surface area contributed by atoms with Gasteiger partial charge in [0, 0.05) is 108 Å². The van der Waals surface area contributed by atoms with Crippen LogP contribution >= 0.6 is 11.3 Å². The highest BCUT2D eigenvalue weighted by atomic mass is 32.1. The molecule has 0 aliphatic heterocycles. The molecule has 21 aromatic rings. The van der Waals surface area contributed by atoms with E-state index in [4.69, 9.17) is 4.42 Å². The quantitative estimate of drug-likeness (QED) is 0.149. The van der Waals surface area contributed by atoms with Gasteiger partial charge in [-0.2, -0.15) is 0 Å². The number of para-hydroxylation sites is 5. The van der Waals surface area contributed by atoms with Gasteiger partial charge >= 0.3 is 0 Å². The molecule has 0 radical (unpaired) electrons. The zero-order valence-corrected chi connectivity index (χ0v) is 52.6. The summed E-state index contributed by atoms with van der Waals surface area (Å²) in [7, 11) is 0. The lowest BCUT2D eigenvalue weighted by Gasteiger charge is -2.13. The van der Waals surface area contributed by atoms with Crippen molar-refractivity contribution in [3.05, 3.63) is 328 Å². The Morgan fingerprint density at radius 2 is 0.562 bits per heavy atom. The number of hydrogen-bond acceptors (Lipinski definition) is 2. The summed E-state index contributed by atoms with van der Waals surface area (Å²) >= 11 is 1.88. The van der Waals surface area contributed by atoms with Crippen molar-refractivity contribution in [2.24, 2.45) is 0 Å². The molecule has 21 rings (SSSR count). The van der Waals surface area contributed by atoms with Crippen molar-refractivity contribution in [3.8, 4) is 67.3 Å². The molecule has 0 aliphatic carbocycles. The van der Waals surface area contributed by atoms with Gasteiger partial charge in [-0.25, -0.2) is 0 Å². The summed E-state index contributed by atoms with van der Waals surface area (Å²) in [4.78, 5) is 0. The third kappa shape index (κ3) is 7.91. The number of aromatic nitrogens is 4. The molecule has 0 saturated carbocycles. The topological polar surface area (TPSA) is 32.9 Å². The highest BCUT2D eigenvalue weighted by Gasteiger charge is 2.23. The molecule has 0 saturated heterocycles. The standard InChI is InChI=1S/C90H54N4OS/c1-4-18-55(19-5-1)71-52-65(53-78-70-27-13-17-31-89(70)96-90(71)78)94-80-29-15-11-25-67(80)73-47-57(33-41-82(73)94)58-34-42-83-74(48-58)75-49-60(35-43-84(75)92(83)63-22-8-3-9-23-63)61-37-45-86-77(51-61)76-50-59(36-44-85(76)93(86)64-38-39-69-68-26-12-16-30-87(68)95-88(69)54-64)56-32-40-81-72(46-56)66-24-10-14-28-79(66)91(81)62-20-6-2-7-21-62/h1-54H. The third-order valence-electron chi connectivity index (χ3n) is 20.3. The van der Waals surface area contributed by atoms with E-state index >= 15 is 0 Å². The van der Waals surface area contributed by atoms with E-state index in [9.17, 15) is 0 Å². The number of benzene rings is 15. The number of thiophene rings is 1. The fourth-order valence-electron chi connectivity index (χ4n) is 16.0. The Hall–Kier alpha value is -12.5. The van der Waals surface area contributed by atoms with Gasteiger partial charge in [0.1, 0.15) is 11.2 Å². The fraction of sp³-hybridized carbons (Fsp3) is 0. The SMILES string of the molecule is c1ccc(-c2cc(-n3c4ccccc4c4cc(-c5ccc6c(c5)c5cc(-c7ccc8c(c7)c7cc(-c9ccc%10c(c9)c9ccccc9n%10-c9ccccc9)ccc7n8-c7ccc8c(c7)oc7ccccc78)ccc5n6-c5ccccc5)ccc43)cc3c2sc2ccccc23)cc1. The molecule has 0 aliphatic rings. The van der Waals surface area contributed by atoms with Crippen LogP contribution < -0.4 is 0 Å². The molecule has 96 heavy (non-hydrogen) atoms. The second-order valence-electron chi connectivity index (χ2n) is 25.6. The molecule has 5 nitrogen and oxygen atoms in total. The molecule has 0 unspecified atom stereocenters. The van der Waals surface area contributed by atoms with Crippen LogP contribution in [0.5, 0.6) is 0 Å². The van der Waals surface area contributed by atoms with E-state index in [1.165, 1.54) is 113 Å². The van der Waals surface area contributed by atoms with Gasteiger partial charge in [-0.05, 0) is 185 Å². The monoisotopic (exact) mass is 1240 g/mol. The van der Waals surface area contributed by atoms with Gasteiger partial charge in [0.05, 0.1) is 44.1 Å². The molecule has 0 bridgehead atoms. The zero-order chi connectivity index (χ0) is 62.7. The van der Waals surface area contributed by atoms with E-state index in [2.05, 4.69) is 340 Å². The molecule has 0 spiro atoms. The lowest BCUT2D eigenvalue weighted by Crippen LogP contribution is -1.95. The molecule has 15 aromatic carbocycles. The summed E-state index contributed by atoms with van der Waals surface area (Å²) < 4.78 is 18.9. The Morgan fingerprint density at radius 3 is 1.05 bits per heavy atom. The fourth-order valence-corrected chi connectivity index (χ4v) is 17.2. The Morgan fingerprint density at radius 1 is 0.198 bits per heavy atom. The summed E-state index contributed by atoms with van der Waals surface area (Å²) in [6, 6.07) is 121. The average molecular weight is 1240 g/mol. The summed E-state index contributed by atoms with van der Waals surface area (Å²) in [5, 5.41) is 14.5. The highest BCUT2D eigenvalue weighted by molar-refractivity contribution is 7.26. The average Bonchev–Trinajstić information content (AvgIpc) is 1.58. The molecule has 0 N–H and O–H groups in total. The third-order valence-corrected chi connectivity index (χ3v) is 21.6. The first-order chi connectivity index (χ1) is 47.6. The number of hydrogen-bond donors (Lipinski definition) is 0. The predicted molar refractivity (Wildman–Crippen MR) is 406 cm³/mol. The van der Waals surface area contributed by atoms with Crippen LogP contribution in [0, 0.1) is 0 Å². The zero-order valence-electron chi connectivity index (χ0n) is 51.8. The molecular weight excluding hydrogens is 1190 g/mol. The van der Waals surface area contributed by atoms with Gasteiger partial charge in [0.2, 0.25) is 0 Å². The molecule has 0 fully saturated rings. The van der Waals surface area contributed by atoms with Crippen molar-refractivity contribution in [2.45, 2.75) is 0 Å². The van der Waals surface area contributed by atoms with E-state index in [1.807, 2.05) is 17.4 Å². The molecule has 446 valence electrons. The van der Waals surface area contributed by atoms with E-state index in [-0.39, 0.29) is 0 Å². The summed E-state index contributed by atoms with van der Waals surface area (Å²) in [6.45, 7) is 0. The lowest BCUT2D eigenvalue weighted by molar-refractivity contribution is 0.668. The molecule has 6 aromatic heterocycles. The number of fused-ring (bicyclic) bond motifs is 18. The van der Waals surface area contributed by atoms with Crippen molar-refractivity contribution >= 4 is 141 Å².